The summed E-state index contributed by atoms with van der Waals surface area (Å²) in [5, 5.41) is 4.14. The minimum atomic E-state index is 0.111. The van der Waals surface area contributed by atoms with E-state index in [-0.39, 0.29) is 5.91 Å². The van der Waals surface area contributed by atoms with Crippen LogP contribution in [0.4, 0.5) is 0 Å². The van der Waals surface area contributed by atoms with Crippen LogP contribution in [0.15, 0.2) is 18.2 Å². The van der Waals surface area contributed by atoms with Gasteiger partial charge in [0.1, 0.15) is 0 Å². The van der Waals surface area contributed by atoms with E-state index >= 15 is 0 Å². The van der Waals surface area contributed by atoms with Crippen LogP contribution in [0.3, 0.4) is 0 Å². The summed E-state index contributed by atoms with van der Waals surface area (Å²) in [5.74, 6) is 0.111. The maximum Gasteiger partial charge on any atom is 0.220 e. The Bertz CT molecular complexity index is 359. The summed E-state index contributed by atoms with van der Waals surface area (Å²) in [6.07, 6.45) is 3.33. The smallest absolute Gasteiger partial charge is 0.220 e. The van der Waals surface area contributed by atoms with Crippen molar-refractivity contribution in [1.82, 2.24) is 5.32 Å². The van der Waals surface area contributed by atoms with Crippen molar-refractivity contribution in [3.63, 3.8) is 0 Å². The highest BCUT2D eigenvalue weighted by atomic mass is 35.5. The fraction of sp³-hybridized carbons (Fsp3) is 0.462. The van der Waals surface area contributed by atoms with Gasteiger partial charge >= 0.3 is 0 Å². The number of nitrogens with one attached hydrogen (secondary N) is 1. The van der Waals surface area contributed by atoms with E-state index in [0.29, 0.717) is 23.0 Å². The van der Waals surface area contributed by atoms with E-state index in [2.05, 4.69) is 12.2 Å². The predicted molar refractivity (Wildman–Crippen MR) is 72.7 cm³/mol. The number of unbranched alkanes of at least 4 members (excludes halogenated alkanes) is 1. The van der Waals surface area contributed by atoms with Gasteiger partial charge in [0.15, 0.2) is 0 Å². The third-order valence-electron chi connectivity index (χ3n) is 2.42. The second kappa shape index (κ2) is 7.57. The average Bonchev–Trinajstić information content (AvgIpc) is 2.25. The van der Waals surface area contributed by atoms with Crippen molar-refractivity contribution >= 4 is 29.1 Å². The number of amides is 1. The molecular formula is C13H17Cl2NO. The minimum Gasteiger partial charge on any atom is -0.356 e. The van der Waals surface area contributed by atoms with E-state index in [1.807, 2.05) is 12.1 Å². The van der Waals surface area contributed by atoms with Crippen LogP contribution in [-0.4, -0.2) is 12.5 Å². The Balaban J connectivity index is 2.33. The largest absolute Gasteiger partial charge is 0.356 e. The lowest BCUT2D eigenvalue weighted by Gasteiger charge is -2.05. The Hall–Kier alpha value is -0.730. The van der Waals surface area contributed by atoms with E-state index in [9.17, 15) is 4.79 Å². The zero-order chi connectivity index (χ0) is 12.7. The summed E-state index contributed by atoms with van der Waals surface area (Å²) in [7, 11) is 0. The summed E-state index contributed by atoms with van der Waals surface area (Å²) in [5.41, 5.74) is 1.04. The number of halogens is 2. The monoisotopic (exact) mass is 273 g/mol. The van der Waals surface area contributed by atoms with Gasteiger partial charge in [-0.15, -0.1) is 0 Å². The second-order valence-corrected chi connectivity index (χ2v) is 4.85. The summed E-state index contributed by atoms with van der Waals surface area (Å²) < 4.78 is 0. The number of hydrogen-bond donors (Lipinski definition) is 1. The Morgan fingerprint density at radius 1 is 1.24 bits per heavy atom. The Morgan fingerprint density at radius 3 is 2.47 bits per heavy atom. The van der Waals surface area contributed by atoms with Crippen LogP contribution in [0, 0.1) is 0 Å². The first-order valence-electron chi connectivity index (χ1n) is 5.83. The second-order valence-electron chi connectivity index (χ2n) is 3.98. The highest BCUT2D eigenvalue weighted by Gasteiger charge is 2.01. The van der Waals surface area contributed by atoms with Gasteiger partial charge in [-0.05, 0) is 36.6 Å². The van der Waals surface area contributed by atoms with Crippen LogP contribution in [0.5, 0.6) is 0 Å². The van der Waals surface area contributed by atoms with E-state index in [1.165, 1.54) is 0 Å². The fourth-order valence-corrected chi connectivity index (χ4v) is 2.10. The van der Waals surface area contributed by atoms with Crippen molar-refractivity contribution in [2.24, 2.45) is 0 Å². The first-order valence-corrected chi connectivity index (χ1v) is 6.59. The van der Waals surface area contributed by atoms with Crippen molar-refractivity contribution in [3.8, 4) is 0 Å². The highest BCUT2D eigenvalue weighted by Crippen LogP contribution is 2.19. The quantitative estimate of drug-likeness (QED) is 0.838. The van der Waals surface area contributed by atoms with Gasteiger partial charge in [0.25, 0.3) is 0 Å². The first kappa shape index (κ1) is 14.3. The molecule has 94 valence electrons. The number of benzene rings is 1. The molecule has 17 heavy (non-hydrogen) atoms. The van der Waals surface area contributed by atoms with Crippen LogP contribution in [0.1, 0.15) is 31.7 Å². The standard InChI is InChI=1S/C13H17Cl2NO/c1-2-3-4-13(17)16-6-5-10-7-11(14)9-12(15)8-10/h7-9H,2-6H2,1H3,(H,16,17). The number of rotatable bonds is 6. The van der Waals surface area contributed by atoms with Gasteiger partial charge in [-0.1, -0.05) is 36.5 Å². The van der Waals surface area contributed by atoms with E-state index in [0.717, 1.165) is 24.8 Å². The molecule has 1 N–H and O–H groups in total. The zero-order valence-electron chi connectivity index (χ0n) is 9.93. The lowest BCUT2D eigenvalue weighted by atomic mass is 10.1. The van der Waals surface area contributed by atoms with Gasteiger partial charge in [0.05, 0.1) is 0 Å². The summed E-state index contributed by atoms with van der Waals surface area (Å²) >= 11 is 11.8. The number of carbonyl (C=O) groups is 1. The maximum absolute atomic E-state index is 11.4. The zero-order valence-corrected chi connectivity index (χ0v) is 11.4. The molecule has 0 unspecified atom stereocenters. The van der Waals surface area contributed by atoms with Gasteiger partial charge in [0, 0.05) is 23.0 Å². The molecule has 0 atom stereocenters. The van der Waals surface area contributed by atoms with E-state index < -0.39 is 0 Å². The lowest BCUT2D eigenvalue weighted by molar-refractivity contribution is -0.121. The molecule has 0 saturated heterocycles. The van der Waals surface area contributed by atoms with Crippen molar-refractivity contribution in [3.05, 3.63) is 33.8 Å². The molecule has 0 bridgehead atoms. The third kappa shape index (κ3) is 5.94. The van der Waals surface area contributed by atoms with Gasteiger partial charge in [-0.2, -0.15) is 0 Å². The first-order chi connectivity index (χ1) is 8.11. The number of hydrogen-bond acceptors (Lipinski definition) is 1. The molecule has 1 rings (SSSR count). The van der Waals surface area contributed by atoms with Crippen molar-refractivity contribution in [2.75, 3.05) is 6.54 Å². The van der Waals surface area contributed by atoms with Gasteiger partial charge in [0.2, 0.25) is 5.91 Å². The topological polar surface area (TPSA) is 29.1 Å². The van der Waals surface area contributed by atoms with Crippen molar-refractivity contribution < 1.29 is 4.79 Å². The highest BCUT2D eigenvalue weighted by molar-refractivity contribution is 6.34. The molecule has 0 aliphatic rings. The summed E-state index contributed by atoms with van der Waals surface area (Å²) in [4.78, 5) is 11.4. The van der Waals surface area contributed by atoms with E-state index in [1.54, 1.807) is 6.07 Å². The molecule has 1 aromatic rings. The molecule has 0 aliphatic carbocycles. The molecule has 0 spiro atoms. The average molecular weight is 274 g/mol. The molecule has 0 aliphatic heterocycles. The van der Waals surface area contributed by atoms with Crippen molar-refractivity contribution in [1.29, 1.82) is 0 Å². The summed E-state index contributed by atoms with van der Waals surface area (Å²) in [6, 6.07) is 5.43. The van der Waals surface area contributed by atoms with Crippen molar-refractivity contribution in [2.45, 2.75) is 32.6 Å². The fourth-order valence-electron chi connectivity index (χ4n) is 1.53. The third-order valence-corrected chi connectivity index (χ3v) is 2.85. The molecular weight excluding hydrogens is 257 g/mol. The number of carbonyl (C=O) groups excluding carboxylic acids is 1. The van der Waals surface area contributed by atoms with Gasteiger partial charge in [-0.25, -0.2) is 0 Å². The van der Waals surface area contributed by atoms with Gasteiger partial charge in [-0.3, -0.25) is 4.79 Å². The molecule has 0 aromatic heterocycles. The predicted octanol–water partition coefficient (Wildman–Crippen LogP) is 3.84. The minimum absolute atomic E-state index is 0.111. The molecule has 0 saturated carbocycles. The van der Waals surface area contributed by atoms with Gasteiger partial charge < -0.3 is 5.32 Å². The SMILES string of the molecule is CCCCC(=O)NCCc1cc(Cl)cc(Cl)c1. The molecule has 4 heteroatoms. The van der Waals surface area contributed by atoms with Crippen LogP contribution < -0.4 is 5.32 Å². The normalized spacial score (nSPS) is 10.3. The molecule has 2 nitrogen and oxygen atoms in total. The maximum atomic E-state index is 11.4. The molecule has 0 heterocycles. The Kier molecular flexibility index (Phi) is 6.38. The van der Waals surface area contributed by atoms with E-state index in [4.69, 9.17) is 23.2 Å². The Labute approximate surface area is 112 Å². The molecule has 1 aromatic carbocycles. The van der Waals surface area contributed by atoms with Crippen LogP contribution in [0.25, 0.3) is 0 Å². The molecule has 1 amide bonds. The van der Waals surface area contributed by atoms with Crippen LogP contribution in [0.2, 0.25) is 10.0 Å². The van der Waals surface area contributed by atoms with Crippen LogP contribution >= 0.6 is 23.2 Å². The van der Waals surface area contributed by atoms with Crippen LogP contribution in [-0.2, 0) is 11.2 Å². The molecule has 0 radical (unpaired) electrons. The molecule has 0 fully saturated rings. The Morgan fingerprint density at radius 2 is 1.88 bits per heavy atom. The lowest BCUT2D eigenvalue weighted by Crippen LogP contribution is -2.25. The summed E-state index contributed by atoms with van der Waals surface area (Å²) in [6.45, 7) is 2.69.